The number of aromatic carboxylic acids is 1. The predicted molar refractivity (Wildman–Crippen MR) is 84.6 cm³/mol. The Kier molecular flexibility index (Phi) is 5.05. The van der Waals surface area contributed by atoms with Crippen LogP contribution in [-0.2, 0) is 0 Å². The van der Waals surface area contributed by atoms with Gasteiger partial charge in [-0.05, 0) is 31.5 Å². The van der Waals surface area contributed by atoms with Gasteiger partial charge in [0.1, 0.15) is 0 Å². The van der Waals surface area contributed by atoms with Gasteiger partial charge in [-0.15, -0.1) is 0 Å². The highest BCUT2D eigenvalue weighted by atomic mass is 79.9. The molecule has 0 saturated carbocycles. The Morgan fingerprint density at radius 3 is 2.55 bits per heavy atom. The van der Waals surface area contributed by atoms with Crippen LogP contribution in [0.15, 0.2) is 22.7 Å². The smallest absolute Gasteiger partial charge is 0.337 e. The van der Waals surface area contributed by atoms with Gasteiger partial charge in [-0.25, -0.2) is 4.79 Å². The first-order chi connectivity index (χ1) is 9.52. The molecule has 110 valence electrons. The van der Waals surface area contributed by atoms with Crippen LogP contribution in [0, 0.1) is 0 Å². The number of hydrogen-bond donors (Lipinski definition) is 1. The molecule has 0 radical (unpaired) electrons. The minimum absolute atomic E-state index is 0.372. The fraction of sp³-hybridized carbons (Fsp3) is 0.533. The lowest BCUT2D eigenvalue weighted by molar-refractivity contribution is 0.0697. The van der Waals surface area contributed by atoms with E-state index in [0.717, 1.165) is 42.8 Å². The average Bonchev–Trinajstić information content (AvgIpc) is 2.46. The fourth-order valence-electron chi connectivity index (χ4n) is 2.62. The number of carbonyl (C=O) groups is 1. The van der Waals surface area contributed by atoms with E-state index in [-0.39, 0.29) is 0 Å². The van der Waals surface area contributed by atoms with E-state index >= 15 is 0 Å². The molecule has 4 nitrogen and oxygen atoms in total. The Bertz CT molecular complexity index is 485. The van der Waals surface area contributed by atoms with Crippen LogP contribution in [0.5, 0.6) is 0 Å². The maximum absolute atomic E-state index is 11.4. The van der Waals surface area contributed by atoms with E-state index in [2.05, 4.69) is 39.6 Å². The van der Waals surface area contributed by atoms with E-state index in [0.29, 0.717) is 11.6 Å². The molecule has 1 N–H and O–H groups in total. The highest BCUT2D eigenvalue weighted by Gasteiger charge is 2.23. The van der Waals surface area contributed by atoms with Gasteiger partial charge in [0.15, 0.2) is 0 Å². The number of nitrogens with zero attached hydrogens (tertiary/aromatic N) is 2. The molecule has 1 aliphatic heterocycles. The summed E-state index contributed by atoms with van der Waals surface area (Å²) in [7, 11) is 0. The first-order valence-corrected chi connectivity index (χ1v) is 7.84. The second-order valence-electron chi connectivity index (χ2n) is 5.25. The maximum atomic E-state index is 11.4. The molecule has 1 aliphatic rings. The minimum Gasteiger partial charge on any atom is -0.478 e. The third kappa shape index (κ3) is 3.33. The molecular weight excluding hydrogens is 320 g/mol. The standard InChI is InChI=1S/C15H21BrN2O2/c1-3-11(2)17-6-8-18(9-7-17)14-5-4-12(16)10-13(14)15(19)20/h4-5,10-11H,3,6-9H2,1-2H3,(H,19,20). The summed E-state index contributed by atoms with van der Waals surface area (Å²) in [5.74, 6) is -0.870. The Labute approximate surface area is 128 Å². The Morgan fingerprint density at radius 2 is 2.00 bits per heavy atom. The van der Waals surface area contributed by atoms with Gasteiger partial charge in [-0.1, -0.05) is 22.9 Å². The zero-order valence-electron chi connectivity index (χ0n) is 12.0. The average molecular weight is 341 g/mol. The van der Waals surface area contributed by atoms with Gasteiger partial charge < -0.3 is 10.0 Å². The van der Waals surface area contributed by atoms with E-state index in [1.165, 1.54) is 0 Å². The second kappa shape index (κ2) is 6.59. The number of benzene rings is 1. The molecule has 0 spiro atoms. The lowest BCUT2D eigenvalue weighted by Gasteiger charge is -2.39. The molecule has 1 aromatic rings. The lowest BCUT2D eigenvalue weighted by atomic mass is 10.1. The van der Waals surface area contributed by atoms with Crippen LogP contribution >= 0.6 is 15.9 Å². The van der Waals surface area contributed by atoms with Gasteiger partial charge in [0.25, 0.3) is 0 Å². The van der Waals surface area contributed by atoms with Crippen molar-refractivity contribution >= 4 is 27.6 Å². The van der Waals surface area contributed by atoms with E-state index in [9.17, 15) is 9.90 Å². The van der Waals surface area contributed by atoms with Gasteiger partial charge in [-0.3, -0.25) is 4.90 Å². The van der Waals surface area contributed by atoms with Crippen LogP contribution in [0.3, 0.4) is 0 Å². The van der Waals surface area contributed by atoms with E-state index in [1.54, 1.807) is 6.07 Å². The molecule has 1 atom stereocenters. The molecule has 1 heterocycles. The van der Waals surface area contributed by atoms with Gasteiger partial charge in [0.05, 0.1) is 11.3 Å². The number of carboxylic acids is 1. The van der Waals surface area contributed by atoms with Crippen molar-refractivity contribution < 1.29 is 9.90 Å². The van der Waals surface area contributed by atoms with Crippen molar-refractivity contribution in [1.82, 2.24) is 4.90 Å². The highest BCUT2D eigenvalue weighted by molar-refractivity contribution is 9.10. The van der Waals surface area contributed by atoms with Crippen LogP contribution in [-0.4, -0.2) is 48.2 Å². The summed E-state index contributed by atoms with van der Waals surface area (Å²) in [5.41, 5.74) is 1.20. The summed E-state index contributed by atoms with van der Waals surface area (Å²) in [6, 6.07) is 6.08. The summed E-state index contributed by atoms with van der Waals surface area (Å²) in [5, 5.41) is 9.34. The van der Waals surface area contributed by atoms with Gasteiger partial charge in [0.2, 0.25) is 0 Å². The first kappa shape index (κ1) is 15.3. The SMILES string of the molecule is CCC(C)N1CCN(c2ccc(Br)cc2C(=O)O)CC1. The summed E-state index contributed by atoms with van der Waals surface area (Å²) in [6.07, 6.45) is 1.15. The normalized spacial score (nSPS) is 18.1. The molecule has 2 rings (SSSR count). The number of anilines is 1. The van der Waals surface area contributed by atoms with Crippen molar-refractivity contribution in [2.75, 3.05) is 31.1 Å². The fourth-order valence-corrected chi connectivity index (χ4v) is 2.98. The van der Waals surface area contributed by atoms with Crippen LogP contribution in [0.25, 0.3) is 0 Å². The number of rotatable bonds is 4. The maximum Gasteiger partial charge on any atom is 0.337 e. The van der Waals surface area contributed by atoms with Crippen molar-refractivity contribution in [3.05, 3.63) is 28.2 Å². The van der Waals surface area contributed by atoms with E-state index in [4.69, 9.17) is 0 Å². The topological polar surface area (TPSA) is 43.8 Å². The highest BCUT2D eigenvalue weighted by Crippen LogP contribution is 2.26. The quantitative estimate of drug-likeness (QED) is 0.914. The molecule has 1 saturated heterocycles. The lowest BCUT2D eigenvalue weighted by Crippen LogP contribution is -2.49. The summed E-state index contributed by atoms with van der Waals surface area (Å²) in [6.45, 7) is 8.19. The Balaban J connectivity index is 2.13. The van der Waals surface area contributed by atoms with E-state index < -0.39 is 5.97 Å². The monoisotopic (exact) mass is 340 g/mol. The predicted octanol–water partition coefficient (Wildman–Crippen LogP) is 3.07. The second-order valence-corrected chi connectivity index (χ2v) is 6.16. The summed E-state index contributed by atoms with van der Waals surface area (Å²) in [4.78, 5) is 16.0. The van der Waals surface area contributed by atoms with Crippen LogP contribution in [0.4, 0.5) is 5.69 Å². The van der Waals surface area contributed by atoms with Gasteiger partial charge >= 0.3 is 5.97 Å². The largest absolute Gasteiger partial charge is 0.478 e. The van der Waals surface area contributed by atoms with Crippen molar-refractivity contribution in [2.45, 2.75) is 26.3 Å². The summed E-state index contributed by atoms with van der Waals surface area (Å²) < 4.78 is 0.803. The minimum atomic E-state index is -0.870. The van der Waals surface area contributed by atoms with Gasteiger partial charge in [0, 0.05) is 36.7 Å². The van der Waals surface area contributed by atoms with E-state index in [1.807, 2.05) is 12.1 Å². The van der Waals surface area contributed by atoms with Crippen LogP contribution in [0.1, 0.15) is 30.6 Å². The number of piperazine rings is 1. The summed E-state index contributed by atoms with van der Waals surface area (Å²) >= 11 is 3.34. The molecular formula is C15H21BrN2O2. The molecule has 1 fully saturated rings. The third-order valence-electron chi connectivity index (χ3n) is 4.06. The first-order valence-electron chi connectivity index (χ1n) is 7.04. The zero-order valence-corrected chi connectivity index (χ0v) is 13.6. The third-order valence-corrected chi connectivity index (χ3v) is 4.55. The van der Waals surface area contributed by atoms with Crippen LogP contribution < -0.4 is 4.90 Å². The van der Waals surface area contributed by atoms with Crippen molar-refractivity contribution in [3.63, 3.8) is 0 Å². The van der Waals surface area contributed by atoms with Gasteiger partial charge in [-0.2, -0.15) is 0 Å². The van der Waals surface area contributed by atoms with Crippen molar-refractivity contribution in [3.8, 4) is 0 Å². The molecule has 5 heteroatoms. The molecule has 1 unspecified atom stereocenters. The number of carboxylic acid groups (broad SMARTS) is 1. The number of halogens is 1. The molecule has 0 bridgehead atoms. The molecule has 1 aromatic carbocycles. The van der Waals surface area contributed by atoms with Crippen molar-refractivity contribution in [1.29, 1.82) is 0 Å². The Morgan fingerprint density at radius 1 is 1.35 bits per heavy atom. The Hall–Kier alpha value is -1.07. The van der Waals surface area contributed by atoms with Crippen molar-refractivity contribution in [2.24, 2.45) is 0 Å². The molecule has 0 amide bonds. The molecule has 0 aliphatic carbocycles. The number of hydrogen-bond acceptors (Lipinski definition) is 3. The molecule has 20 heavy (non-hydrogen) atoms. The zero-order chi connectivity index (χ0) is 14.7. The van der Waals surface area contributed by atoms with Crippen LogP contribution in [0.2, 0.25) is 0 Å². The molecule has 0 aromatic heterocycles.